The molecular formula is C18H25NO2. The minimum absolute atomic E-state index is 0.301. The van der Waals surface area contributed by atoms with Gasteiger partial charge in [0.05, 0.1) is 19.2 Å². The molecule has 0 bridgehead atoms. The van der Waals surface area contributed by atoms with E-state index in [4.69, 9.17) is 15.2 Å². The zero-order valence-corrected chi connectivity index (χ0v) is 13.0. The van der Waals surface area contributed by atoms with Crippen molar-refractivity contribution in [3.63, 3.8) is 0 Å². The fourth-order valence-corrected chi connectivity index (χ4v) is 2.94. The molecule has 1 fully saturated rings. The van der Waals surface area contributed by atoms with Crippen molar-refractivity contribution in [2.75, 3.05) is 13.7 Å². The predicted molar refractivity (Wildman–Crippen MR) is 85.6 cm³/mol. The average Bonchev–Trinajstić information content (AvgIpc) is 2.54. The Morgan fingerprint density at radius 2 is 2.10 bits per heavy atom. The molecule has 2 atom stereocenters. The second kappa shape index (κ2) is 7.95. The molecule has 2 N–H and O–H groups in total. The molecule has 114 valence electrons. The van der Waals surface area contributed by atoms with Gasteiger partial charge in [0.25, 0.3) is 0 Å². The fraction of sp³-hybridized carbons (Fsp3) is 0.556. The quantitative estimate of drug-likeness (QED) is 0.864. The maximum Gasteiger partial charge on any atom is 0.135 e. The van der Waals surface area contributed by atoms with Crippen LogP contribution in [0, 0.1) is 17.8 Å². The molecular weight excluding hydrogens is 262 g/mol. The summed E-state index contributed by atoms with van der Waals surface area (Å²) in [7, 11) is 1.66. The molecule has 1 aliphatic rings. The van der Waals surface area contributed by atoms with Crippen LogP contribution in [0.3, 0.4) is 0 Å². The molecule has 1 saturated carbocycles. The maximum absolute atomic E-state index is 6.29. The lowest BCUT2D eigenvalue weighted by Gasteiger charge is -2.31. The molecule has 2 unspecified atom stereocenters. The first kappa shape index (κ1) is 15.7. The minimum Gasteiger partial charge on any atom is -0.497 e. The molecule has 1 aromatic rings. The van der Waals surface area contributed by atoms with Crippen molar-refractivity contribution in [2.45, 2.75) is 45.1 Å². The molecule has 0 spiro atoms. The van der Waals surface area contributed by atoms with E-state index in [-0.39, 0.29) is 0 Å². The van der Waals surface area contributed by atoms with E-state index >= 15 is 0 Å². The van der Waals surface area contributed by atoms with Crippen LogP contribution >= 0.6 is 0 Å². The topological polar surface area (TPSA) is 44.5 Å². The molecule has 0 aliphatic heterocycles. The number of hydrogen-bond donors (Lipinski definition) is 1. The van der Waals surface area contributed by atoms with Gasteiger partial charge in [0, 0.05) is 0 Å². The molecule has 2 rings (SSSR count). The Bertz CT molecular complexity index is 516. The van der Waals surface area contributed by atoms with Crippen molar-refractivity contribution < 1.29 is 9.47 Å². The molecule has 1 aliphatic carbocycles. The van der Waals surface area contributed by atoms with Crippen molar-refractivity contribution in [1.82, 2.24) is 0 Å². The summed E-state index contributed by atoms with van der Waals surface area (Å²) in [5.74, 6) is 8.28. The van der Waals surface area contributed by atoms with Gasteiger partial charge >= 0.3 is 0 Å². The van der Waals surface area contributed by atoms with Crippen LogP contribution in [0.4, 0.5) is 0 Å². The maximum atomic E-state index is 6.29. The minimum atomic E-state index is 0.301. The third-order valence-electron chi connectivity index (χ3n) is 4.15. The first-order chi connectivity index (χ1) is 10.3. The summed E-state index contributed by atoms with van der Waals surface area (Å²) in [5, 5.41) is 0. The summed E-state index contributed by atoms with van der Waals surface area (Å²) in [6.07, 6.45) is 6.44. The Hall–Kier alpha value is -1.66. The normalized spacial score (nSPS) is 21.3. The number of ether oxygens (including phenoxy) is 2. The van der Waals surface area contributed by atoms with Crippen molar-refractivity contribution >= 4 is 0 Å². The number of rotatable bonds is 4. The van der Waals surface area contributed by atoms with Crippen molar-refractivity contribution in [2.24, 2.45) is 11.7 Å². The molecule has 0 aromatic heterocycles. The van der Waals surface area contributed by atoms with Gasteiger partial charge in [0.2, 0.25) is 0 Å². The highest BCUT2D eigenvalue weighted by Gasteiger charge is 2.25. The first-order valence-electron chi connectivity index (χ1n) is 7.82. The SMILES string of the molecule is CCC1CCCCC1Oc1ccc(OC)cc1C#CCN. The monoisotopic (exact) mass is 287 g/mol. The molecule has 0 radical (unpaired) electrons. The summed E-state index contributed by atoms with van der Waals surface area (Å²) in [5.41, 5.74) is 6.34. The first-order valence-corrected chi connectivity index (χ1v) is 7.82. The van der Waals surface area contributed by atoms with E-state index in [9.17, 15) is 0 Å². The van der Waals surface area contributed by atoms with E-state index in [1.54, 1.807) is 7.11 Å². The van der Waals surface area contributed by atoms with Crippen LogP contribution in [0.15, 0.2) is 18.2 Å². The number of nitrogens with two attached hydrogens (primary N) is 1. The fourth-order valence-electron chi connectivity index (χ4n) is 2.94. The van der Waals surface area contributed by atoms with Crippen LogP contribution < -0.4 is 15.2 Å². The van der Waals surface area contributed by atoms with Gasteiger partial charge < -0.3 is 15.2 Å². The zero-order valence-electron chi connectivity index (χ0n) is 13.0. The molecule has 0 amide bonds. The van der Waals surface area contributed by atoms with Gasteiger partial charge in [-0.15, -0.1) is 0 Å². The van der Waals surface area contributed by atoms with Gasteiger partial charge in [-0.25, -0.2) is 0 Å². The van der Waals surface area contributed by atoms with Crippen LogP contribution in [0.1, 0.15) is 44.6 Å². The summed E-state index contributed by atoms with van der Waals surface area (Å²) >= 11 is 0. The van der Waals surface area contributed by atoms with Gasteiger partial charge in [0.1, 0.15) is 17.6 Å². The van der Waals surface area contributed by atoms with E-state index in [0.29, 0.717) is 18.6 Å². The smallest absolute Gasteiger partial charge is 0.135 e. The summed E-state index contributed by atoms with van der Waals surface area (Å²) in [6.45, 7) is 2.59. The van der Waals surface area contributed by atoms with E-state index in [2.05, 4.69) is 18.8 Å². The van der Waals surface area contributed by atoms with Crippen LogP contribution in [-0.4, -0.2) is 19.8 Å². The van der Waals surface area contributed by atoms with Crippen molar-refractivity contribution in [1.29, 1.82) is 0 Å². The second-order valence-electron chi connectivity index (χ2n) is 5.48. The number of benzene rings is 1. The lowest BCUT2D eigenvalue weighted by Crippen LogP contribution is -2.30. The third-order valence-corrected chi connectivity index (χ3v) is 4.15. The van der Waals surface area contributed by atoms with Gasteiger partial charge in [-0.2, -0.15) is 0 Å². The molecule has 0 saturated heterocycles. The highest BCUT2D eigenvalue weighted by molar-refractivity contribution is 5.50. The van der Waals surface area contributed by atoms with Gasteiger partial charge in [-0.3, -0.25) is 0 Å². The Labute approximate surface area is 127 Å². The predicted octanol–water partition coefficient (Wildman–Crippen LogP) is 3.35. The van der Waals surface area contributed by atoms with Crippen molar-refractivity contribution in [3.8, 4) is 23.3 Å². The lowest BCUT2D eigenvalue weighted by atomic mass is 9.84. The molecule has 3 nitrogen and oxygen atoms in total. The van der Waals surface area contributed by atoms with Crippen LogP contribution in [-0.2, 0) is 0 Å². The largest absolute Gasteiger partial charge is 0.497 e. The van der Waals surface area contributed by atoms with E-state index < -0.39 is 0 Å². The van der Waals surface area contributed by atoms with Crippen molar-refractivity contribution in [3.05, 3.63) is 23.8 Å². The average molecular weight is 287 g/mol. The zero-order chi connectivity index (χ0) is 15.1. The van der Waals surface area contributed by atoms with E-state index in [0.717, 1.165) is 23.5 Å². The molecule has 1 aromatic carbocycles. The van der Waals surface area contributed by atoms with Crippen LogP contribution in [0.25, 0.3) is 0 Å². The second-order valence-corrected chi connectivity index (χ2v) is 5.48. The van der Waals surface area contributed by atoms with Gasteiger partial charge in [-0.05, 0) is 49.8 Å². The molecule has 3 heteroatoms. The standard InChI is InChI=1S/C18H25NO2/c1-3-14-7-4-5-9-17(14)21-18-11-10-16(20-2)13-15(18)8-6-12-19/h10-11,13-14,17H,3-5,7,9,12,19H2,1-2H3. The Morgan fingerprint density at radius 1 is 1.29 bits per heavy atom. The van der Waals surface area contributed by atoms with Gasteiger partial charge in [0.15, 0.2) is 0 Å². The Kier molecular flexibility index (Phi) is 5.95. The third kappa shape index (κ3) is 4.15. The Morgan fingerprint density at radius 3 is 2.81 bits per heavy atom. The number of methoxy groups -OCH3 is 1. The van der Waals surface area contributed by atoms with Gasteiger partial charge in [-0.1, -0.05) is 25.2 Å². The van der Waals surface area contributed by atoms with Crippen LogP contribution in [0.5, 0.6) is 11.5 Å². The summed E-state index contributed by atoms with van der Waals surface area (Å²) in [6, 6.07) is 5.80. The van der Waals surface area contributed by atoms with Crippen LogP contribution in [0.2, 0.25) is 0 Å². The Balaban J connectivity index is 2.21. The van der Waals surface area contributed by atoms with E-state index in [1.807, 2.05) is 18.2 Å². The number of hydrogen-bond acceptors (Lipinski definition) is 3. The molecule has 0 heterocycles. The lowest BCUT2D eigenvalue weighted by molar-refractivity contribution is 0.0900. The summed E-state index contributed by atoms with van der Waals surface area (Å²) in [4.78, 5) is 0. The highest BCUT2D eigenvalue weighted by Crippen LogP contribution is 2.32. The molecule has 21 heavy (non-hydrogen) atoms. The van der Waals surface area contributed by atoms with E-state index in [1.165, 1.54) is 25.7 Å². The summed E-state index contributed by atoms with van der Waals surface area (Å²) < 4.78 is 11.6. The highest BCUT2D eigenvalue weighted by atomic mass is 16.5.